The fraction of sp³-hybridized carbons (Fsp3) is 0.154. The maximum absolute atomic E-state index is 13.1. The molecule has 0 spiro atoms. The van der Waals surface area contributed by atoms with Crippen molar-refractivity contribution in [1.82, 2.24) is 9.71 Å². The molecule has 2 aromatic rings. The molecule has 1 unspecified atom stereocenters. The van der Waals surface area contributed by atoms with E-state index in [1.807, 2.05) is 0 Å². The zero-order valence-corrected chi connectivity index (χ0v) is 11.6. The van der Waals surface area contributed by atoms with E-state index in [9.17, 15) is 12.8 Å². The Morgan fingerprint density at radius 1 is 1.35 bits per heavy atom. The minimum Gasteiger partial charge on any atom is -0.398 e. The Morgan fingerprint density at radius 3 is 2.75 bits per heavy atom. The summed E-state index contributed by atoms with van der Waals surface area (Å²) >= 11 is 0. The molecule has 1 aromatic carbocycles. The highest BCUT2D eigenvalue weighted by molar-refractivity contribution is 7.89. The van der Waals surface area contributed by atoms with Gasteiger partial charge in [-0.2, -0.15) is 0 Å². The summed E-state index contributed by atoms with van der Waals surface area (Å²) in [5, 5.41) is 0. The molecule has 1 heterocycles. The Balaban J connectivity index is 2.27. The topological polar surface area (TPSA) is 85.1 Å². The van der Waals surface area contributed by atoms with E-state index in [4.69, 9.17) is 5.73 Å². The number of hydrogen-bond acceptors (Lipinski definition) is 4. The van der Waals surface area contributed by atoms with Crippen LogP contribution in [0.4, 0.5) is 10.1 Å². The van der Waals surface area contributed by atoms with E-state index >= 15 is 0 Å². The van der Waals surface area contributed by atoms with E-state index in [0.29, 0.717) is 5.56 Å². The fourth-order valence-electron chi connectivity index (χ4n) is 1.76. The standard InChI is InChI=1S/C13H14FN3O2S/c1-9(10-3-2-4-11(14)7-10)17-20(18,19)13-8-16-6-5-12(13)15/h2-9,17H,1H3,(H2,15,16). The Morgan fingerprint density at radius 2 is 2.10 bits per heavy atom. The number of nitrogen functional groups attached to an aromatic ring is 1. The molecule has 20 heavy (non-hydrogen) atoms. The summed E-state index contributed by atoms with van der Waals surface area (Å²) in [5.41, 5.74) is 6.26. The average molecular weight is 295 g/mol. The lowest BCUT2D eigenvalue weighted by atomic mass is 10.1. The number of sulfonamides is 1. The van der Waals surface area contributed by atoms with Gasteiger partial charge in [-0.3, -0.25) is 4.98 Å². The first-order valence-electron chi connectivity index (χ1n) is 5.87. The van der Waals surface area contributed by atoms with Gasteiger partial charge in [-0.25, -0.2) is 17.5 Å². The highest BCUT2D eigenvalue weighted by Gasteiger charge is 2.21. The van der Waals surface area contributed by atoms with Crippen LogP contribution >= 0.6 is 0 Å². The van der Waals surface area contributed by atoms with Crippen LogP contribution in [0.1, 0.15) is 18.5 Å². The second-order valence-corrected chi connectivity index (χ2v) is 5.99. The summed E-state index contributed by atoms with van der Waals surface area (Å²) in [4.78, 5) is 3.65. The van der Waals surface area contributed by atoms with Gasteiger partial charge < -0.3 is 5.73 Å². The summed E-state index contributed by atoms with van der Waals surface area (Å²) in [5.74, 6) is -0.422. The molecule has 0 amide bonds. The second-order valence-electron chi connectivity index (χ2n) is 4.31. The third-order valence-electron chi connectivity index (χ3n) is 2.79. The van der Waals surface area contributed by atoms with Crippen LogP contribution in [0.5, 0.6) is 0 Å². The van der Waals surface area contributed by atoms with Gasteiger partial charge in [-0.1, -0.05) is 12.1 Å². The molecule has 0 saturated carbocycles. The lowest BCUT2D eigenvalue weighted by Gasteiger charge is -2.15. The molecule has 2 rings (SSSR count). The SMILES string of the molecule is CC(NS(=O)(=O)c1cnccc1N)c1cccc(F)c1. The number of halogens is 1. The fourth-order valence-corrected chi connectivity index (χ4v) is 3.06. The van der Waals surface area contributed by atoms with Crippen LogP contribution in [0.2, 0.25) is 0 Å². The monoisotopic (exact) mass is 295 g/mol. The minimum absolute atomic E-state index is 0.0942. The van der Waals surface area contributed by atoms with Crippen molar-refractivity contribution in [3.05, 3.63) is 54.1 Å². The van der Waals surface area contributed by atoms with Crippen LogP contribution in [0.3, 0.4) is 0 Å². The predicted molar refractivity (Wildman–Crippen MR) is 73.8 cm³/mol. The lowest BCUT2D eigenvalue weighted by Crippen LogP contribution is -2.27. The van der Waals surface area contributed by atoms with Crippen molar-refractivity contribution in [2.24, 2.45) is 0 Å². The number of nitrogens with two attached hydrogens (primary N) is 1. The molecule has 0 aliphatic carbocycles. The molecule has 0 saturated heterocycles. The average Bonchev–Trinajstić information content (AvgIpc) is 2.38. The maximum Gasteiger partial charge on any atom is 0.244 e. The first-order valence-corrected chi connectivity index (χ1v) is 7.36. The first kappa shape index (κ1) is 14.4. The highest BCUT2D eigenvalue weighted by atomic mass is 32.2. The molecule has 1 atom stereocenters. The van der Waals surface area contributed by atoms with E-state index in [1.54, 1.807) is 13.0 Å². The van der Waals surface area contributed by atoms with Gasteiger partial charge in [0.2, 0.25) is 10.0 Å². The van der Waals surface area contributed by atoms with E-state index in [2.05, 4.69) is 9.71 Å². The zero-order valence-electron chi connectivity index (χ0n) is 10.7. The van der Waals surface area contributed by atoms with Gasteiger partial charge in [-0.15, -0.1) is 0 Å². The van der Waals surface area contributed by atoms with Crippen molar-refractivity contribution in [1.29, 1.82) is 0 Å². The van der Waals surface area contributed by atoms with Crippen LogP contribution in [0.25, 0.3) is 0 Å². The number of rotatable bonds is 4. The molecule has 0 aliphatic rings. The van der Waals surface area contributed by atoms with E-state index in [0.717, 1.165) is 0 Å². The van der Waals surface area contributed by atoms with E-state index in [-0.39, 0.29) is 10.6 Å². The maximum atomic E-state index is 13.1. The number of pyridine rings is 1. The van der Waals surface area contributed by atoms with Crippen molar-refractivity contribution in [3.8, 4) is 0 Å². The van der Waals surface area contributed by atoms with Crippen molar-refractivity contribution in [3.63, 3.8) is 0 Å². The third kappa shape index (κ3) is 3.12. The highest BCUT2D eigenvalue weighted by Crippen LogP contribution is 2.20. The molecule has 0 radical (unpaired) electrons. The van der Waals surface area contributed by atoms with Crippen molar-refractivity contribution >= 4 is 15.7 Å². The summed E-state index contributed by atoms with van der Waals surface area (Å²) in [6.07, 6.45) is 2.58. The van der Waals surface area contributed by atoms with Gasteiger partial charge in [0.1, 0.15) is 10.7 Å². The Labute approximate surface area is 116 Å². The molecule has 5 nitrogen and oxygen atoms in total. The van der Waals surface area contributed by atoms with Crippen LogP contribution < -0.4 is 10.5 Å². The summed E-state index contributed by atoms with van der Waals surface area (Å²) in [7, 11) is -3.81. The third-order valence-corrected chi connectivity index (χ3v) is 4.37. The molecule has 106 valence electrons. The number of aromatic nitrogens is 1. The number of nitrogens with one attached hydrogen (secondary N) is 1. The van der Waals surface area contributed by atoms with Crippen LogP contribution in [-0.2, 0) is 10.0 Å². The quantitative estimate of drug-likeness (QED) is 0.901. The molecule has 0 fully saturated rings. The van der Waals surface area contributed by atoms with Gasteiger partial charge in [-0.05, 0) is 30.7 Å². The largest absolute Gasteiger partial charge is 0.398 e. The molecular formula is C13H14FN3O2S. The molecule has 0 bridgehead atoms. The van der Waals surface area contributed by atoms with Crippen LogP contribution in [-0.4, -0.2) is 13.4 Å². The Kier molecular flexibility index (Phi) is 4.01. The molecule has 0 aliphatic heterocycles. The summed E-state index contributed by atoms with van der Waals surface area (Å²) < 4.78 is 40.0. The van der Waals surface area contributed by atoms with Gasteiger partial charge >= 0.3 is 0 Å². The van der Waals surface area contributed by atoms with Gasteiger partial charge in [0.25, 0.3) is 0 Å². The van der Waals surface area contributed by atoms with Gasteiger partial charge in [0.15, 0.2) is 0 Å². The summed E-state index contributed by atoms with van der Waals surface area (Å²) in [6.45, 7) is 1.62. The summed E-state index contributed by atoms with van der Waals surface area (Å²) in [6, 6.07) is 6.55. The number of nitrogens with zero attached hydrogens (tertiary/aromatic N) is 1. The second kappa shape index (κ2) is 5.56. The molecule has 3 N–H and O–H groups in total. The zero-order chi connectivity index (χ0) is 14.8. The minimum atomic E-state index is -3.81. The predicted octanol–water partition coefficient (Wildman–Crippen LogP) is 1.84. The normalized spacial score (nSPS) is 13.1. The number of benzene rings is 1. The van der Waals surface area contributed by atoms with Crippen molar-refractivity contribution in [2.45, 2.75) is 17.9 Å². The van der Waals surface area contributed by atoms with E-state index in [1.165, 1.54) is 36.7 Å². The van der Waals surface area contributed by atoms with Crippen molar-refractivity contribution < 1.29 is 12.8 Å². The lowest BCUT2D eigenvalue weighted by molar-refractivity contribution is 0.564. The number of anilines is 1. The van der Waals surface area contributed by atoms with Gasteiger partial charge in [0.05, 0.1) is 5.69 Å². The van der Waals surface area contributed by atoms with Gasteiger partial charge in [0, 0.05) is 18.4 Å². The van der Waals surface area contributed by atoms with E-state index < -0.39 is 21.9 Å². The Bertz CT molecular complexity index is 719. The first-order chi connectivity index (χ1) is 9.40. The molecular weight excluding hydrogens is 281 g/mol. The molecule has 1 aromatic heterocycles. The number of hydrogen-bond donors (Lipinski definition) is 2. The Hall–Kier alpha value is -1.99. The van der Waals surface area contributed by atoms with Crippen molar-refractivity contribution in [2.75, 3.05) is 5.73 Å². The van der Waals surface area contributed by atoms with Crippen LogP contribution in [0.15, 0.2) is 47.6 Å². The van der Waals surface area contributed by atoms with Crippen LogP contribution in [0, 0.1) is 5.82 Å². The smallest absolute Gasteiger partial charge is 0.244 e. The molecule has 7 heteroatoms.